The summed E-state index contributed by atoms with van der Waals surface area (Å²) in [6.07, 6.45) is 10.5. The van der Waals surface area contributed by atoms with E-state index in [-0.39, 0.29) is 0 Å². The fourth-order valence-electron chi connectivity index (χ4n) is 2.92. The highest BCUT2D eigenvalue weighted by molar-refractivity contribution is 5.05. The molecule has 3 aromatic rings. The summed E-state index contributed by atoms with van der Waals surface area (Å²) in [6, 6.07) is 5.97. The molecule has 0 radical (unpaired) electrons. The largest absolute Gasteiger partial charge is 0.472 e. The zero-order chi connectivity index (χ0) is 19.3. The minimum atomic E-state index is 0.835. The van der Waals surface area contributed by atoms with Crippen molar-refractivity contribution in [3.05, 3.63) is 72.5 Å². The van der Waals surface area contributed by atoms with Gasteiger partial charge in [0.2, 0.25) is 0 Å². The Morgan fingerprint density at radius 2 is 0.929 bits per heavy atom. The third kappa shape index (κ3) is 7.74. The molecule has 0 aliphatic heterocycles. The average Bonchev–Trinajstić information content (AvgIpc) is 3.48. The Morgan fingerprint density at radius 1 is 0.571 bits per heavy atom. The Labute approximate surface area is 166 Å². The zero-order valence-corrected chi connectivity index (χ0v) is 16.2. The van der Waals surface area contributed by atoms with Gasteiger partial charge in [-0.3, -0.25) is 4.90 Å². The van der Waals surface area contributed by atoms with E-state index in [1.54, 1.807) is 37.6 Å². The molecule has 152 valence electrons. The van der Waals surface area contributed by atoms with Crippen molar-refractivity contribution in [1.29, 1.82) is 0 Å². The molecule has 0 aromatic carbocycles. The molecular formula is C21H30N4O3. The maximum absolute atomic E-state index is 5.10. The lowest BCUT2D eigenvalue weighted by Crippen LogP contribution is -2.40. The molecule has 0 saturated carbocycles. The summed E-state index contributed by atoms with van der Waals surface area (Å²) in [7, 11) is 0. The van der Waals surface area contributed by atoms with Crippen molar-refractivity contribution in [2.24, 2.45) is 0 Å². The molecule has 7 nitrogen and oxygen atoms in total. The van der Waals surface area contributed by atoms with Crippen LogP contribution in [-0.2, 0) is 19.6 Å². The Hall–Kier alpha value is -2.32. The van der Waals surface area contributed by atoms with Crippen LogP contribution in [0.2, 0.25) is 0 Å². The topological polar surface area (TPSA) is 78.8 Å². The van der Waals surface area contributed by atoms with Crippen molar-refractivity contribution in [3.8, 4) is 0 Å². The van der Waals surface area contributed by atoms with E-state index in [0.29, 0.717) is 0 Å². The Bertz CT molecular complexity index is 611. The number of furan rings is 3. The summed E-state index contributed by atoms with van der Waals surface area (Å²) in [5.41, 5.74) is 3.53. The van der Waals surface area contributed by atoms with Crippen molar-refractivity contribution < 1.29 is 13.3 Å². The lowest BCUT2D eigenvalue weighted by molar-refractivity contribution is 0.271. The Kier molecular flexibility index (Phi) is 8.90. The first kappa shape index (κ1) is 20.4. The Balaban J connectivity index is 1.32. The molecule has 0 atom stereocenters. The molecule has 0 bridgehead atoms. The summed E-state index contributed by atoms with van der Waals surface area (Å²) in [6.45, 7) is 8.32. The van der Waals surface area contributed by atoms with E-state index >= 15 is 0 Å². The van der Waals surface area contributed by atoms with Gasteiger partial charge < -0.3 is 29.2 Å². The highest BCUT2D eigenvalue weighted by Gasteiger charge is 2.05. The second-order valence-corrected chi connectivity index (χ2v) is 6.77. The predicted octanol–water partition coefficient (Wildman–Crippen LogP) is 2.44. The fraction of sp³-hybridized carbons (Fsp3) is 0.429. The molecule has 0 unspecified atom stereocenters. The SMILES string of the molecule is c1cc(CNCCN(CCNCc2ccoc2)CCNCc2ccoc2)co1. The molecule has 3 heterocycles. The normalized spacial score (nSPS) is 11.5. The maximum atomic E-state index is 5.10. The number of nitrogens with zero attached hydrogens (tertiary/aromatic N) is 1. The number of rotatable bonds is 15. The van der Waals surface area contributed by atoms with Crippen LogP contribution in [0.25, 0.3) is 0 Å². The highest BCUT2D eigenvalue weighted by Crippen LogP contribution is 2.00. The van der Waals surface area contributed by atoms with Crippen LogP contribution in [0.15, 0.2) is 69.0 Å². The molecule has 0 aliphatic carbocycles. The summed E-state index contributed by atoms with van der Waals surface area (Å²) in [4.78, 5) is 2.47. The summed E-state index contributed by atoms with van der Waals surface area (Å²) >= 11 is 0. The van der Waals surface area contributed by atoms with Gasteiger partial charge in [0.05, 0.1) is 37.6 Å². The van der Waals surface area contributed by atoms with Gasteiger partial charge in [-0.05, 0) is 18.2 Å². The standard InChI is InChI=1S/C21H30N4O3/c1-10-26-16-19(1)13-22-4-7-25(8-5-23-14-20-2-11-27-17-20)9-6-24-15-21-3-12-28-18-21/h1-3,10-12,16-18,22-24H,4-9,13-15H2. The first-order valence-corrected chi connectivity index (χ1v) is 9.78. The highest BCUT2D eigenvalue weighted by atomic mass is 16.3. The van der Waals surface area contributed by atoms with Gasteiger partial charge in [-0.15, -0.1) is 0 Å². The van der Waals surface area contributed by atoms with Crippen molar-refractivity contribution in [2.45, 2.75) is 19.6 Å². The molecule has 3 rings (SSSR count). The molecule has 0 spiro atoms. The van der Waals surface area contributed by atoms with E-state index < -0.39 is 0 Å². The summed E-state index contributed by atoms with van der Waals surface area (Å²) in [5.74, 6) is 0. The maximum Gasteiger partial charge on any atom is 0.0947 e. The van der Waals surface area contributed by atoms with Gasteiger partial charge in [0.15, 0.2) is 0 Å². The van der Waals surface area contributed by atoms with E-state index in [2.05, 4.69) is 20.9 Å². The van der Waals surface area contributed by atoms with E-state index in [9.17, 15) is 0 Å². The molecule has 28 heavy (non-hydrogen) atoms. The minimum Gasteiger partial charge on any atom is -0.472 e. The molecule has 3 aromatic heterocycles. The van der Waals surface area contributed by atoms with Gasteiger partial charge >= 0.3 is 0 Å². The van der Waals surface area contributed by atoms with Crippen molar-refractivity contribution in [2.75, 3.05) is 39.3 Å². The lowest BCUT2D eigenvalue weighted by Gasteiger charge is -2.23. The molecule has 0 fully saturated rings. The van der Waals surface area contributed by atoms with Gasteiger partial charge in [-0.1, -0.05) is 0 Å². The predicted molar refractivity (Wildman–Crippen MR) is 108 cm³/mol. The third-order valence-electron chi connectivity index (χ3n) is 4.54. The third-order valence-corrected chi connectivity index (χ3v) is 4.54. The quantitative estimate of drug-likeness (QED) is 0.346. The minimum absolute atomic E-state index is 0.835. The van der Waals surface area contributed by atoms with Gasteiger partial charge in [-0.25, -0.2) is 0 Å². The molecule has 0 amide bonds. The second kappa shape index (κ2) is 12.2. The molecule has 0 saturated heterocycles. The van der Waals surface area contributed by atoms with Crippen LogP contribution < -0.4 is 16.0 Å². The van der Waals surface area contributed by atoms with Crippen molar-refractivity contribution in [3.63, 3.8) is 0 Å². The lowest BCUT2D eigenvalue weighted by atomic mass is 10.3. The van der Waals surface area contributed by atoms with Crippen LogP contribution in [0, 0.1) is 0 Å². The van der Waals surface area contributed by atoms with E-state index in [0.717, 1.165) is 58.9 Å². The first-order valence-electron chi connectivity index (χ1n) is 9.78. The van der Waals surface area contributed by atoms with Gasteiger partial charge in [0.25, 0.3) is 0 Å². The Morgan fingerprint density at radius 3 is 1.21 bits per heavy atom. The average molecular weight is 386 g/mol. The molecule has 0 aliphatic rings. The number of hydrogen-bond donors (Lipinski definition) is 3. The van der Waals surface area contributed by atoms with Crippen LogP contribution in [0.4, 0.5) is 0 Å². The van der Waals surface area contributed by atoms with E-state index in [1.165, 1.54) is 16.7 Å². The summed E-state index contributed by atoms with van der Waals surface area (Å²) in [5, 5.41) is 10.4. The van der Waals surface area contributed by atoms with Gasteiger partial charge in [0, 0.05) is 75.6 Å². The van der Waals surface area contributed by atoms with Crippen LogP contribution in [0.3, 0.4) is 0 Å². The van der Waals surface area contributed by atoms with E-state index in [4.69, 9.17) is 13.3 Å². The number of hydrogen-bond acceptors (Lipinski definition) is 7. The fourth-order valence-corrected chi connectivity index (χ4v) is 2.92. The van der Waals surface area contributed by atoms with Crippen molar-refractivity contribution >= 4 is 0 Å². The van der Waals surface area contributed by atoms with Gasteiger partial charge in [0.1, 0.15) is 0 Å². The van der Waals surface area contributed by atoms with Crippen LogP contribution >= 0.6 is 0 Å². The number of nitrogens with one attached hydrogen (secondary N) is 3. The smallest absolute Gasteiger partial charge is 0.0947 e. The van der Waals surface area contributed by atoms with Crippen LogP contribution in [0.5, 0.6) is 0 Å². The monoisotopic (exact) mass is 386 g/mol. The molecule has 3 N–H and O–H groups in total. The van der Waals surface area contributed by atoms with Crippen LogP contribution in [0.1, 0.15) is 16.7 Å². The van der Waals surface area contributed by atoms with Crippen LogP contribution in [-0.4, -0.2) is 44.2 Å². The molecular weight excluding hydrogens is 356 g/mol. The van der Waals surface area contributed by atoms with E-state index in [1.807, 2.05) is 18.2 Å². The molecule has 7 heteroatoms. The van der Waals surface area contributed by atoms with Gasteiger partial charge in [-0.2, -0.15) is 0 Å². The second-order valence-electron chi connectivity index (χ2n) is 6.77. The summed E-state index contributed by atoms with van der Waals surface area (Å²) < 4.78 is 15.3. The van der Waals surface area contributed by atoms with Crippen molar-refractivity contribution in [1.82, 2.24) is 20.9 Å². The zero-order valence-electron chi connectivity index (χ0n) is 16.2. The first-order chi connectivity index (χ1) is 13.9.